The first-order valence-electron chi connectivity index (χ1n) is 9.39. The summed E-state index contributed by atoms with van der Waals surface area (Å²) < 4.78 is 11.0. The van der Waals surface area contributed by atoms with Crippen LogP contribution in [0.15, 0.2) is 52.9 Å². The van der Waals surface area contributed by atoms with Crippen molar-refractivity contribution in [3.05, 3.63) is 54.1 Å². The molecule has 8 nitrogen and oxygen atoms in total. The molecule has 0 spiro atoms. The molecule has 3 aromatic rings. The fourth-order valence-electron chi connectivity index (χ4n) is 2.64. The standard InChI is InChI=1S/C21H22N4O4S2/c1-28-16-10-9-15(12-17(16)29-2)22-19(27)13-30-21-25-24-20(31-21)23-18(26)11-8-14-6-4-3-5-7-14/h3-7,9-10,12H,8,11,13H2,1-2H3,(H,22,27)(H,23,24,26). The number of carbonyl (C=O) groups is 2. The van der Waals surface area contributed by atoms with Crippen molar-refractivity contribution in [1.82, 2.24) is 10.2 Å². The summed E-state index contributed by atoms with van der Waals surface area (Å²) >= 11 is 2.48. The predicted molar refractivity (Wildman–Crippen MR) is 122 cm³/mol. The molecular weight excluding hydrogens is 436 g/mol. The number of thioether (sulfide) groups is 1. The Morgan fingerprint density at radius 1 is 0.968 bits per heavy atom. The van der Waals surface area contributed by atoms with Crippen molar-refractivity contribution in [2.75, 3.05) is 30.6 Å². The van der Waals surface area contributed by atoms with Gasteiger partial charge in [0.05, 0.1) is 20.0 Å². The van der Waals surface area contributed by atoms with E-state index in [1.54, 1.807) is 25.3 Å². The second-order valence-electron chi connectivity index (χ2n) is 6.31. The van der Waals surface area contributed by atoms with E-state index in [1.807, 2.05) is 30.3 Å². The van der Waals surface area contributed by atoms with Crippen LogP contribution in [-0.4, -0.2) is 42.0 Å². The molecule has 0 atom stereocenters. The van der Waals surface area contributed by atoms with Gasteiger partial charge < -0.3 is 20.1 Å². The summed E-state index contributed by atoms with van der Waals surface area (Å²) in [7, 11) is 3.08. The molecule has 0 saturated heterocycles. The van der Waals surface area contributed by atoms with Crippen LogP contribution in [0.3, 0.4) is 0 Å². The topological polar surface area (TPSA) is 102 Å². The number of rotatable bonds is 10. The second kappa shape index (κ2) is 11.3. The molecule has 2 N–H and O–H groups in total. The first-order chi connectivity index (χ1) is 15.1. The number of hydrogen-bond donors (Lipinski definition) is 2. The van der Waals surface area contributed by atoms with Crippen molar-refractivity contribution in [3.63, 3.8) is 0 Å². The maximum absolute atomic E-state index is 12.2. The first kappa shape index (κ1) is 22.6. The lowest BCUT2D eigenvalue weighted by Gasteiger charge is -2.10. The minimum atomic E-state index is -0.194. The molecule has 0 aliphatic rings. The molecule has 1 heterocycles. The highest BCUT2D eigenvalue weighted by Crippen LogP contribution is 2.30. The lowest BCUT2D eigenvalue weighted by atomic mass is 10.1. The molecule has 0 bridgehead atoms. The number of aryl methyl sites for hydroxylation is 1. The van der Waals surface area contributed by atoms with Crippen LogP contribution in [0.25, 0.3) is 0 Å². The highest BCUT2D eigenvalue weighted by molar-refractivity contribution is 8.01. The summed E-state index contributed by atoms with van der Waals surface area (Å²) in [5, 5.41) is 14.0. The van der Waals surface area contributed by atoms with Gasteiger partial charge in [0, 0.05) is 18.2 Å². The zero-order chi connectivity index (χ0) is 22.1. The van der Waals surface area contributed by atoms with Gasteiger partial charge in [-0.3, -0.25) is 9.59 Å². The Balaban J connectivity index is 1.44. The molecule has 162 valence electrons. The van der Waals surface area contributed by atoms with Crippen molar-refractivity contribution in [2.45, 2.75) is 17.2 Å². The largest absolute Gasteiger partial charge is 0.493 e. The molecule has 0 unspecified atom stereocenters. The third kappa shape index (κ3) is 6.97. The molecule has 0 saturated carbocycles. The first-order valence-corrected chi connectivity index (χ1v) is 11.2. The second-order valence-corrected chi connectivity index (χ2v) is 8.51. The van der Waals surface area contributed by atoms with Crippen LogP contribution in [0.2, 0.25) is 0 Å². The zero-order valence-electron chi connectivity index (χ0n) is 17.1. The molecule has 31 heavy (non-hydrogen) atoms. The van der Waals surface area contributed by atoms with Crippen LogP contribution in [-0.2, 0) is 16.0 Å². The Morgan fingerprint density at radius 3 is 2.48 bits per heavy atom. The molecule has 0 radical (unpaired) electrons. The molecule has 2 amide bonds. The van der Waals surface area contributed by atoms with E-state index in [9.17, 15) is 9.59 Å². The number of aromatic nitrogens is 2. The number of amides is 2. The number of ether oxygens (including phenoxy) is 2. The van der Waals surface area contributed by atoms with Gasteiger partial charge in [-0.1, -0.05) is 53.4 Å². The number of nitrogens with zero attached hydrogens (tertiary/aromatic N) is 2. The van der Waals surface area contributed by atoms with Crippen LogP contribution in [0.5, 0.6) is 11.5 Å². The summed E-state index contributed by atoms with van der Waals surface area (Å²) in [6.45, 7) is 0. The zero-order valence-corrected chi connectivity index (χ0v) is 18.7. The minimum absolute atomic E-state index is 0.122. The smallest absolute Gasteiger partial charge is 0.234 e. The van der Waals surface area contributed by atoms with Gasteiger partial charge in [0.1, 0.15) is 0 Å². The Hall–Kier alpha value is -3.11. The molecule has 2 aromatic carbocycles. The number of benzene rings is 2. The number of hydrogen-bond acceptors (Lipinski definition) is 8. The Kier molecular flexibility index (Phi) is 8.25. The summed E-state index contributed by atoms with van der Waals surface area (Å²) in [5.74, 6) is 0.959. The number of nitrogens with one attached hydrogen (secondary N) is 2. The molecule has 0 aliphatic heterocycles. The third-order valence-corrected chi connectivity index (χ3v) is 6.10. The average molecular weight is 459 g/mol. The van der Waals surface area contributed by atoms with Crippen molar-refractivity contribution < 1.29 is 19.1 Å². The van der Waals surface area contributed by atoms with Crippen LogP contribution in [0.1, 0.15) is 12.0 Å². The fourth-order valence-corrected chi connectivity index (χ4v) is 4.21. The van der Waals surface area contributed by atoms with Gasteiger partial charge >= 0.3 is 0 Å². The van der Waals surface area contributed by atoms with Crippen molar-refractivity contribution >= 4 is 45.7 Å². The highest BCUT2D eigenvalue weighted by atomic mass is 32.2. The van der Waals surface area contributed by atoms with Crippen LogP contribution < -0.4 is 20.1 Å². The molecule has 1 aromatic heterocycles. The normalized spacial score (nSPS) is 10.4. The van der Waals surface area contributed by atoms with E-state index in [0.29, 0.717) is 39.5 Å². The van der Waals surface area contributed by atoms with Gasteiger partial charge in [-0.05, 0) is 24.1 Å². The number of methoxy groups -OCH3 is 2. The van der Waals surface area contributed by atoms with E-state index in [0.717, 1.165) is 5.56 Å². The summed E-state index contributed by atoms with van der Waals surface area (Å²) in [5.41, 5.74) is 1.71. The van der Waals surface area contributed by atoms with E-state index >= 15 is 0 Å². The van der Waals surface area contributed by atoms with Gasteiger partial charge in [-0.25, -0.2) is 0 Å². The minimum Gasteiger partial charge on any atom is -0.493 e. The SMILES string of the molecule is COc1ccc(NC(=O)CSc2nnc(NC(=O)CCc3ccccc3)s2)cc1OC. The highest BCUT2D eigenvalue weighted by Gasteiger charge is 2.12. The maximum Gasteiger partial charge on any atom is 0.234 e. The average Bonchev–Trinajstić information content (AvgIpc) is 3.24. The number of anilines is 2. The monoisotopic (exact) mass is 458 g/mol. The lowest BCUT2D eigenvalue weighted by molar-refractivity contribution is -0.116. The van der Waals surface area contributed by atoms with E-state index < -0.39 is 0 Å². The van der Waals surface area contributed by atoms with Crippen molar-refractivity contribution in [2.24, 2.45) is 0 Å². The van der Waals surface area contributed by atoms with Crippen LogP contribution in [0, 0.1) is 0 Å². The Morgan fingerprint density at radius 2 is 1.74 bits per heavy atom. The van der Waals surface area contributed by atoms with E-state index in [4.69, 9.17) is 9.47 Å². The molecule has 0 fully saturated rings. The fraction of sp³-hybridized carbons (Fsp3) is 0.238. The Labute approximate surface area is 188 Å². The number of carbonyl (C=O) groups excluding carboxylic acids is 2. The molecular formula is C21H22N4O4S2. The van der Waals surface area contributed by atoms with Gasteiger partial charge in [-0.2, -0.15) is 0 Å². The maximum atomic E-state index is 12.2. The van der Waals surface area contributed by atoms with E-state index in [-0.39, 0.29) is 17.6 Å². The Bertz CT molecular complexity index is 1030. The predicted octanol–water partition coefficient (Wildman–Crippen LogP) is 3.86. The van der Waals surface area contributed by atoms with Gasteiger partial charge in [0.15, 0.2) is 15.8 Å². The van der Waals surface area contributed by atoms with E-state index in [2.05, 4.69) is 20.8 Å². The van der Waals surface area contributed by atoms with Crippen molar-refractivity contribution in [1.29, 1.82) is 0 Å². The quantitative estimate of drug-likeness (QED) is 0.351. The van der Waals surface area contributed by atoms with Crippen LogP contribution in [0.4, 0.5) is 10.8 Å². The van der Waals surface area contributed by atoms with Gasteiger partial charge in [-0.15, -0.1) is 10.2 Å². The van der Waals surface area contributed by atoms with Gasteiger partial charge in [0.2, 0.25) is 16.9 Å². The summed E-state index contributed by atoms with van der Waals surface area (Å²) in [6.07, 6.45) is 1.02. The van der Waals surface area contributed by atoms with Crippen molar-refractivity contribution in [3.8, 4) is 11.5 Å². The third-order valence-electron chi connectivity index (χ3n) is 4.13. The van der Waals surface area contributed by atoms with Gasteiger partial charge in [0.25, 0.3) is 0 Å². The molecule has 0 aliphatic carbocycles. The summed E-state index contributed by atoms with van der Waals surface area (Å²) in [4.78, 5) is 24.3. The summed E-state index contributed by atoms with van der Waals surface area (Å²) in [6, 6.07) is 15.0. The molecule has 3 rings (SSSR count). The lowest BCUT2D eigenvalue weighted by Crippen LogP contribution is -2.14. The van der Waals surface area contributed by atoms with Crippen LogP contribution >= 0.6 is 23.1 Å². The molecule has 10 heteroatoms. The van der Waals surface area contributed by atoms with E-state index in [1.165, 1.54) is 30.2 Å².